The lowest BCUT2D eigenvalue weighted by atomic mass is 10.2. The minimum atomic E-state index is -0.967. The van der Waals surface area contributed by atoms with Crippen LogP contribution in [0.4, 0.5) is 0 Å². The number of hydrogen-bond acceptors (Lipinski definition) is 3. The SMILES string of the molecule is O=C(O)c1ccc2c(c1)nnn2-c1ccc(I)cc1. The zero-order valence-corrected chi connectivity index (χ0v) is 11.8. The van der Waals surface area contributed by atoms with Crippen molar-refractivity contribution in [2.75, 3.05) is 0 Å². The maximum Gasteiger partial charge on any atom is 0.335 e. The molecule has 2 aromatic carbocycles. The molecule has 0 amide bonds. The van der Waals surface area contributed by atoms with Crippen LogP contribution in [0.5, 0.6) is 0 Å². The topological polar surface area (TPSA) is 68.0 Å². The second-order valence-electron chi connectivity index (χ2n) is 3.99. The molecule has 0 unspecified atom stereocenters. The van der Waals surface area contributed by atoms with Crippen molar-refractivity contribution in [2.45, 2.75) is 0 Å². The van der Waals surface area contributed by atoms with Gasteiger partial charge in [0.2, 0.25) is 0 Å². The van der Waals surface area contributed by atoms with Crippen molar-refractivity contribution in [2.24, 2.45) is 0 Å². The number of aromatic carboxylic acids is 1. The van der Waals surface area contributed by atoms with Gasteiger partial charge in [-0.2, -0.15) is 0 Å². The number of nitrogens with zero attached hydrogens (tertiary/aromatic N) is 3. The maximum absolute atomic E-state index is 10.9. The van der Waals surface area contributed by atoms with Crippen LogP contribution in [-0.4, -0.2) is 26.1 Å². The quantitative estimate of drug-likeness (QED) is 0.710. The molecule has 5 nitrogen and oxygen atoms in total. The number of carboxylic acids is 1. The summed E-state index contributed by atoms with van der Waals surface area (Å²) in [6.07, 6.45) is 0. The molecule has 0 aliphatic carbocycles. The predicted molar refractivity (Wildman–Crippen MR) is 78.5 cm³/mol. The van der Waals surface area contributed by atoms with Crippen molar-refractivity contribution >= 4 is 39.6 Å². The van der Waals surface area contributed by atoms with E-state index in [1.54, 1.807) is 16.8 Å². The molecule has 1 aromatic heterocycles. The van der Waals surface area contributed by atoms with E-state index in [1.807, 2.05) is 24.3 Å². The van der Waals surface area contributed by atoms with Crippen LogP contribution in [0.3, 0.4) is 0 Å². The van der Waals surface area contributed by atoms with Crippen LogP contribution < -0.4 is 0 Å². The fraction of sp³-hybridized carbons (Fsp3) is 0. The Morgan fingerprint density at radius 3 is 2.58 bits per heavy atom. The summed E-state index contributed by atoms with van der Waals surface area (Å²) < 4.78 is 2.83. The lowest BCUT2D eigenvalue weighted by Crippen LogP contribution is -1.97. The Hall–Kier alpha value is -1.96. The van der Waals surface area contributed by atoms with Gasteiger partial charge in [-0.1, -0.05) is 5.21 Å². The summed E-state index contributed by atoms with van der Waals surface area (Å²) in [6.45, 7) is 0. The van der Waals surface area contributed by atoms with E-state index in [4.69, 9.17) is 5.11 Å². The van der Waals surface area contributed by atoms with Gasteiger partial charge in [-0.25, -0.2) is 9.48 Å². The highest BCUT2D eigenvalue weighted by Crippen LogP contribution is 2.18. The Morgan fingerprint density at radius 1 is 1.16 bits per heavy atom. The summed E-state index contributed by atoms with van der Waals surface area (Å²) in [5, 5.41) is 17.0. The van der Waals surface area contributed by atoms with Crippen LogP contribution in [0.15, 0.2) is 42.5 Å². The van der Waals surface area contributed by atoms with Gasteiger partial charge in [-0.05, 0) is 65.1 Å². The summed E-state index contributed by atoms with van der Waals surface area (Å²) in [6, 6.07) is 12.6. The van der Waals surface area contributed by atoms with E-state index < -0.39 is 5.97 Å². The Balaban J connectivity index is 2.15. The molecule has 0 spiro atoms. The van der Waals surface area contributed by atoms with Gasteiger partial charge in [0.25, 0.3) is 0 Å². The second-order valence-corrected chi connectivity index (χ2v) is 5.23. The zero-order chi connectivity index (χ0) is 13.4. The summed E-state index contributed by atoms with van der Waals surface area (Å²) >= 11 is 2.23. The van der Waals surface area contributed by atoms with E-state index in [1.165, 1.54) is 6.07 Å². The molecule has 0 radical (unpaired) electrons. The molecule has 6 heteroatoms. The molecular formula is C13H8IN3O2. The van der Waals surface area contributed by atoms with Gasteiger partial charge >= 0.3 is 5.97 Å². The standard InChI is InChI=1S/C13H8IN3O2/c14-9-2-4-10(5-3-9)17-12-6-1-8(13(18)19)7-11(12)15-16-17/h1-7H,(H,18,19). The van der Waals surface area contributed by atoms with E-state index in [-0.39, 0.29) is 5.56 Å². The van der Waals surface area contributed by atoms with Gasteiger partial charge in [-0.3, -0.25) is 0 Å². The lowest BCUT2D eigenvalue weighted by molar-refractivity contribution is 0.0697. The molecule has 0 aliphatic heterocycles. The van der Waals surface area contributed by atoms with Crippen molar-refractivity contribution < 1.29 is 9.90 Å². The van der Waals surface area contributed by atoms with Crippen molar-refractivity contribution in [3.05, 3.63) is 51.6 Å². The molecular weight excluding hydrogens is 357 g/mol. The number of hydrogen-bond donors (Lipinski definition) is 1. The fourth-order valence-electron chi connectivity index (χ4n) is 1.83. The summed E-state index contributed by atoms with van der Waals surface area (Å²) in [7, 11) is 0. The van der Waals surface area contributed by atoms with Crippen LogP contribution in [0.1, 0.15) is 10.4 Å². The third-order valence-electron chi connectivity index (χ3n) is 2.76. The molecule has 0 saturated heterocycles. The molecule has 0 bridgehead atoms. The van der Waals surface area contributed by atoms with Crippen molar-refractivity contribution in [3.8, 4) is 5.69 Å². The first-order valence-electron chi connectivity index (χ1n) is 5.50. The van der Waals surface area contributed by atoms with Gasteiger partial charge in [0.05, 0.1) is 16.8 Å². The van der Waals surface area contributed by atoms with Gasteiger partial charge < -0.3 is 5.11 Å². The number of benzene rings is 2. The number of halogens is 1. The molecule has 94 valence electrons. The summed E-state index contributed by atoms with van der Waals surface area (Å²) in [5.74, 6) is -0.967. The number of carbonyl (C=O) groups is 1. The Morgan fingerprint density at radius 2 is 1.89 bits per heavy atom. The van der Waals surface area contributed by atoms with E-state index in [0.717, 1.165) is 14.8 Å². The number of aromatic nitrogens is 3. The second kappa shape index (κ2) is 4.61. The molecule has 3 rings (SSSR count). The van der Waals surface area contributed by atoms with E-state index >= 15 is 0 Å². The fourth-order valence-corrected chi connectivity index (χ4v) is 2.19. The Bertz CT molecular complexity index is 765. The molecule has 0 atom stereocenters. The minimum absolute atomic E-state index is 0.210. The zero-order valence-electron chi connectivity index (χ0n) is 9.62. The molecule has 0 saturated carbocycles. The van der Waals surface area contributed by atoms with Gasteiger partial charge in [-0.15, -0.1) is 5.10 Å². The van der Waals surface area contributed by atoms with Crippen molar-refractivity contribution in [1.82, 2.24) is 15.0 Å². The average molecular weight is 365 g/mol. The summed E-state index contributed by atoms with van der Waals surface area (Å²) in [4.78, 5) is 10.9. The molecule has 0 fully saturated rings. The smallest absolute Gasteiger partial charge is 0.335 e. The third kappa shape index (κ3) is 2.19. The highest BCUT2D eigenvalue weighted by molar-refractivity contribution is 14.1. The Labute approximate surface area is 122 Å². The van der Waals surface area contributed by atoms with Gasteiger partial charge in [0, 0.05) is 3.57 Å². The monoisotopic (exact) mass is 365 g/mol. The number of rotatable bonds is 2. The normalized spacial score (nSPS) is 10.8. The van der Waals surface area contributed by atoms with E-state index in [9.17, 15) is 4.79 Å². The van der Waals surface area contributed by atoms with Crippen LogP contribution in [0.2, 0.25) is 0 Å². The first kappa shape index (κ1) is 12.1. The highest BCUT2D eigenvalue weighted by atomic mass is 127. The third-order valence-corrected chi connectivity index (χ3v) is 3.48. The minimum Gasteiger partial charge on any atom is -0.478 e. The van der Waals surface area contributed by atoms with E-state index in [2.05, 4.69) is 32.9 Å². The average Bonchev–Trinajstić information content (AvgIpc) is 2.82. The maximum atomic E-state index is 10.9. The Kier molecular flexibility index (Phi) is 2.94. The molecule has 3 aromatic rings. The van der Waals surface area contributed by atoms with Crippen LogP contribution in [-0.2, 0) is 0 Å². The number of fused-ring (bicyclic) bond motifs is 1. The van der Waals surface area contributed by atoms with Crippen molar-refractivity contribution in [3.63, 3.8) is 0 Å². The first-order valence-corrected chi connectivity index (χ1v) is 6.58. The molecule has 0 aliphatic rings. The van der Waals surface area contributed by atoms with Gasteiger partial charge in [0.15, 0.2) is 0 Å². The van der Waals surface area contributed by atoms with Crippen molar-refractivity contribution in [1.29, 1.82) is 0 Å². The highest BCUT2D eigenvalue weighted by Gasteiger charge is 2.10. The van der Waals surface area contributed by atoms with Crippen LogP contribution >= 0.6 is 22.6 Å². The number of carboxylic acid groups (broad SMARTS) is 1. The largest absolute Gasteiger partial charge is 0.478 e. The lowest BCUT2D eigenvalue weighted by Gasteiger charge is -2.02. The predicted octanol–water partition coefficient (Wildman–Crippen LogP) is 2.72. The molecule has 1 N–H and O–H groups in total. The summed E-state index contributed by atoms with van der Waals surface area (Å²) in [5.41, 5.74) is 2.46. The molecule has 19 heavy (non-hydrogen) atoms. The van der Waals surface area contributed by atoms with E-state index in [0.29, 0.717) is 5.52 Å². The first-order chi connectivity index (χ1) is 9.15. The van der Waals surface area contributed by atoms with Gasteiger partial charge in [0.1, 0.15) is 5.52 Å². The molecule has 1 heterocycles. The van der Waals surface area contributed by atoms with Crippen LogP contribution in [0, 0.1) is 3.57 Å². The van der Waals surface area contributed by atoms with Crippen LogP contribution in [0.25, 0.3) is 16.7 Å².